The minimum Gasteiger partial charge on any atom is -1.00 e. The molecule has 0 amide bonds. The van der Waals surface area contributed by atoms with Crippen molar-refractivity contribution in [3.63, 3.8) is 0 Å². The second-order valence-corrected chi connectivity index (χ2v) is 7.24. The molecule has 2 aromatic rings. The van der Waals surface area contributed by atoms with Crippen molar-refractivity contribution in [2.24, 2.45) is 11.8 Å². The number of ether oxygens (including phenoxy) is 1. The number of aromatic nitrogens is 1. The number of piperidine rings is 3. The Morgan fingerprint density at radius 3 is 2.81 bits per heavy atom. The molecular weight excluding hydrogens is 396 g/mol. The summed E-state index contributed by atoms with van der Waals surface area (Å²) in [5, 5.41) is 12.2. The van der Waals surface area contributed by atoms with E-state index in [1.54, 1.807) is 13.3 Å². The molecule has 6 heteroatoms. The van der Waals surface area contributed by atoms with Crippen LogP contribution >= 0.6 is 0 Å². The zero-order valence-electron chi connectivity index (χ0n) is 15.4. The number of pyridine rings is 1. The average molecular weight is 424 g/mol. The number of nitrogens with zero attached hydrogens (tertiary/aromatic N) is 2. The largest absolute Gasteiger partial charge is 1.00 e. The molecule has 3 aliphatic heterocycles. The van der Waals surface area contributed by atoms with Crippen molar-refractivity contribution >= 4 is 10.9 Å². The van der Waals surface area contributed by atoms with Crippen LogP contribution in [0.1, 0.15) is 37.9 Å². The number of aliphatic hydroxyl groups is 1. The molecule has 4 heterocycles. The van der Waals surface area contributed by atoms with Crippen LogP contribution < -0.4 is 21.7 Å². The summed E-state index contributed by atoms with van der Waals surface area (Å²) in [4.78, 5) is 6.94. The highest BCUT2D eigenvalue weighted by molar-refractivity contribution is 5.83. The fourth-order valence-corrected chi connectivity index (χ4v) is 4.71. The Bertz CT molecular complexity index is 742. The lowest BCUT2D eigenvalue weighted by molar-refractivity contribution is -0.0562. The number of methoxy groups -OCH3 is 1. The van der Waals surface area contributed by atoms with Crippen LogP contribution in [0.3, 0.4) is 0 Å². The topological polar surface area (TPSA) is 77.1 Å². The van der Waals surface area contributed by atoms with Crippen LogP contribution in [-0.4, -0.2) is 46.7 Å². The number of benzene rings is 1. The highest BCUT2D eigenvalue weighted by atomic mass is 79.9. The van der Waals surface area contributed by atoms with Gasteiger partial charge in [-0.1, -0.05) is 13.3 Å². The number of hydrogen-bond donors (Lipinski definition) is 1. The van der Waals surface area contributed by atoms with E-state index in [4.69, 9.17) is 4.74 Å². The minimum atomic E-state index is -0.469. The van der Waals surface area contributed by atoms with E-state index in [0.717, 1.165) is 53.6 Å². The molecule has 1 aromatic carbocycles. The Hall–Kier alpha value is -1.21. The highest BCUT2D eigenvalue weighted by Gasteiger charge is 2.42. The first-order valence-corrected chi connectivity index (χ1v) is 9.06. The van der Waals surface area contributed by atoms with Crippen LogP contribution in [0.5, 0.6) is 5.75 Å². The molecule has 5 nitrogen and oxygen atoms in total. The van der Waals surface area contributed by atoms with Crippen molar-refractivity contribution in [1.29, 1.82) is 0 Å². The van der Waals surface area contributed by atoms with Gasteiger partial charge >= 0.3 is 0 Å². The number of aliphatic hydroxyl groups excluding tert-OH is 1. The first-order chi connectivity index (χ1) is 11.7. The zero-order chi connectivity index (χ0) is 16.7. The number of fused-ring (bicyclic) bond motifs is 4. The molecule has 3 N–H and O–H groups in total. The van der Waals surface area contributed by atoms with E-state index in [2.05, 4.69) is 16.8 Å². The van der Waals surface area contributed by atoms with Gasteiger partial charge in [0, 0.05) is 24.2 Å². The number of halogens is 1. The van der Waals surface area contributed by atoms with Crippen molar-refractivity contribution in [2.75, 3.05) is 20.2 Å². The Morgan fingerprint density at radius 1 is 1.35 bits per heavy atom. The van der Waals surface area contributed by atoms with Gasteiger partial charge < -0.3 is 32.3 Å². The van der Waals surface area contributed by atoms with E-state index >= 15 is 0 Å². The number of rotatable bonds is 4. The molecule has 3 aliphatic rings. The van der Waals surface area contributed by atoms with Gasteiger partial charge in [-0.25, -0.2) is 0 Å². The molecule has 5 unspecified atom stereocenters. The minimum absolute atomic E-state index is 0. The van der Waals surface area contributed by atoms with E-state index < -0.39 is 6.10 Å². The SMILES string of the molecule is CCC1CN2CCC1CC2C(O)c1ccnc2ccc(OC)cc12.O.[Br-]. The van der Waals surface area contributed by atoms with Crippen LogP contribution in [0.25, 0.3) is 10.9 Å². The summed E-state index contributed by atoms with van der Waals surface area (Å²) >= 11 is 0. The fraction of sp³-hybridized carbons (Fsp3) is 0.550. The maximum Gasteiger partial charge on any atom is 0.119 e. The van der Waals surface area contributed by atoms with Crippen molar-refractivity contribution < 1.29 is 32.3 Å². The summed E-state index contributed by atoms with van der Waals surface area (Å²) in [6.07, 6.45) is 4.97. The smallest absolute Gasteiger partial charge is 0.119 e. The van der Waals surface area contributed by atoms with E-state index in [-0.39, 0.29) is 28.5 Å². The van der Waals surface area contributed by atoms with E-state index in [1.165, 1.54) is 12.8 Å². The van der Waals surface area contributed by atoms with Gasteiger partial charge in [0.15, 0.2) is 0 Å². The van der Waals surface area contributed by atoms with Crippen LogP contribution in [0.4, 0.5) is 0 Å². The zero-order valence-corrected chi connectivity index (χ0v) is 16.9. The van der Waals surface area contributed by atoms with Gasteiger partial charge in [0.1, 0.15) is 5.75 Å². The Kier molecular flexibility index (Phi) is 7.02. The average Bonchev–Trinajstić information content (AvgIpc) is 2.66. The summed E-state index contributed by atoms with van der Waals surface area (Å²) in [5.41, 5.74) is 1.89. The lowest BCUT2D eigenvalue weighted by Gasteiger charge is -2.51. The normalized spacial score (nSPS) is 28.1. The molecule has 0 spiro atoms. The molecule has 0 saturated carbocycles. The summed E-state index contributed by atoms with van der Waals surface area (Å²) in [6, 6.07) is 8.07. The van der Waals surface area contributed by atoms with Crippen LogP contribution in [0.2, 0.25) is 0 Å². The summed E-state index contributed by atoms with van der Waals surface area (Å²) < 4.78 is 5.36. The molecule has 5 atom stereocenters. The van der Waals surface area contributed by atoms with E-state index in [0.29, 0.717) is 0 Å². The molecular formula is C20H28BrN2O3-. The first kappa shape index (κ1) is 21.1. The maximum atomic E-state index is 11.2. The first-order valence-electron chi connectivity index (χ1n) is 9.06. The third kappa shape index (κ3) is 3.60. The molecule has 0 aliphatic carbocycles. The van der Waals surface area contributed by atoms with Gasteiger partial charge in [-0.05, 0) is 61.1 Å². The van der Waals surface area contributed by atoms with Crippen molar-refractivity contribution in [1.82, 2.24) is 9.88 Å². The monoisotopic (exact) mass is 423 g/mol. The van der Waals surface area contributed by atoms with Crippen molar-refractivity contribution in [3.05, 3.63) is 36.0 Å². The van der Waals surface area contributed by atoms with Crippen molar-refractivity contribution in [2.45, 2.75) is 38.3 Å². The summed E-state index contributed by atoms with van der Waals surface area (Å²) in [5.74, 6) is 2.37. The second kappa shape index (κ2) is 8.65. The Balaban J connectivity index is 0.00000121. The lowest BCUT2D eigenvalue weighted by atomic mass is 9.72. The Labute approximate surface area is 165 Å². The predicted molar refractivity (Wildman–Crippen MR) is 98.7 cm³/mol. The molecule has 144 valence electrons. The van der Waals surface area contributed by atoms with Gasteiger partial charge in [0.05, 0.1) is 18.7 Å². The van der Waals surface area contributed by atoms with Gasteiger partial charge in [-0.3, -0.25) is 9.88 Å². The standard InChI is InChI=1S/C20H26N2O2.BrH.H2O/c1-3-13-12-22-9-7-14(13)10-19(22)20(23)16-6-8-21-18-5-4-15(24-2)11-17(16)18;;/h4-6,8,11,13-14,19-20,23H,3,7,9-10,12H2,1-2H3;1H;1H2/p-1. The van der Waals surface area contributed by atoms with Gasteiger partial charge in [-0.15, -0.1) is 0 Å². The summed E-state index contributed by atoms with van der Waals surface area (Å²) in [6.45, 7) is 4.55. The third-order valence-electron chi connectivity index (χ3n) is 6.13. The molecule has 1 aromatic heterocycles. The molecule has 3 fully saturated rings. The maximum absolute atomic E-state index is 11.2. The molecule has 0 radical (unpaired) electrons. The molecule has 26 heavy (non-hydrogen) atoms. The van der Waals surface area contributed by atoms with Gasteiger partial charge in [0.2, 0.25) is 0 Å². The predicted octanol–water partition coefficient (Wildman–Crippen LogP) is -0.423. The molecule has 2 bridgehead atoms. The summed E-state index contributed by atoms with van der Waals surface area (Å²) in [7, 11) is 1.67. The Morgan fingerprint density at radius 2 is 2.15 bits per heavy atom. The molecule has 5 rings (SSSR count). The lowest BCUT2D eigenvalue weighted by Crippen LogP contribution is -3.00. The van der Waals surface area contributed by atoms with Crippen LogP contribution in [0, 0.1) is 11.8 Å². The van der Waals surface area contributed by atoms with E-state index in [9.17, 15) is 5.11 Å². The van der Waals surface area contributed by atoms with Gasteiger partial charge in [-0.2, -0.15) is 0 Å². The molecule has 3 saturated heterocycles. The third-order valence-corrected chi connectivity index (χ3v) is 6.13. The fourth-order valence-electron chi connectivity index (χ4n) is 4.71. The van der Waals surface area contributed by atoms with Crippen LogP contribution in [0.15, 0.2) is 30.5 Å². The van der Waals surface area contributed by atoms with E-state index in [1.807, 2.05) is 24.3 Å². The number of hydrogen-bond acceptors (Lipinski definition) is 4. The van der Waals surface area contributed by atoms with Crippen molar-refractivity contribution in [3.8, 4) is 5.75 Å². The second-order valence-electron chi connectivity index (χ2n) is 7.24. The highest BCUT2D eigenvalue weighted by Crippen LogP contribution is 2.42. The quantitative estimate of drug-likeness (QED) is 0.723. The van der Waals surface area contributed by atoms with Crippen LogP contribution in [-0.2, 0) is 0 Å². The van der Waals surface area contributed by atoms with Gasteiger partial charge in [0.25, 0.3) is 0 Å².